The van der Waals surface area contributed by atoms with Gasteiger partial charge in [0.1, 0.15) is 5.75 Å². The minimum absolute atomic E-state index is 0.209. The van der Waals surface area contributed by atoms with Crippen molar-refractivity contribution in [2.75, 3.05) is 31.4 Å². The number of phenols is 1. The van der Waals surface area contributed by atoms with Gasteiger partial charge in [0.2, 0.25) is 6.79 Å². The van der Waals surface area contributed by atoms with Gasteiger partial charge >= 0.3 is 0 Å². The third-order valence-corrected chi connectivity index (χ3v) is 4.51. The molecule has 1 aromatic rings. The van der Waals surface area contributed by atoms with Crippen LogP contribution in [0.5, 0.6) is 17.2 Å². The lowest BCUT2D eigenvalue weighted by molar-refractivity contribution is 0.174. The van der Waals surface area contributed by atoms with Gasteiger partial charge in [-0.1, -0.05) is 0 Å². The fourth-order valence-corrected chi connectivity index (χ4v) is 3.30. The Bertz CT molecular complexity index is 481. The molecule has 0 radical (unpaired) electrons. The van der Waals surface area contributed by atoms with Crippen molar-refractivity contribution in [3.8, 4) is 17.2 Å². The van der Waals surface area contributed by atoms with Crippen molar-refractivity contribution in [1.29, 1.82) is 0 Å². The van der Waals surface area contributed by atoms with Crippen LogP contribution in [0.1, 0.15) is 5.56 Å². The van der Waals surface area contributed by atoms with Crippen LogP contribution in [0.4, 0.5) is 0 Å². The molecule has 0 unspecified atom stereocenters. The smallest absolute Gasteiger partial charge is 0.231 e. The predicted molar refractivity (Wildman–Crippen MR) is 67.4 cm³/mol. The number of aromatic hydroxyl groups is 1. The van der Waals surface area contributed by atoms with Gasteiger partial charge in [0.25, 0.3) is 0 Å². The predicted octanol–water partition coefficient (Wildman–Crippen LogP) is 0.685. The first kappa shape index (κ1) is 11.8. The van der Waals surface area contributed by atoms with Gasteiger partial charge in [-0.15, -0.1) is 0 Å². The van der Waals surface area contributed by atoms with Crippen LogP contribution < -0.4 is 9.47 Å². The van der Waals surface area contributed by atoms with E-state index in [1.54, 1.807) is 6.07 Å². The summed E-state index contributed by atoms with van der Waals surface area (Å²) < 4.78 is 21.8. The first-order valence-corrected chi connectivity index (χ1v) is 7.40. The maximum atomic E-state index is 11.3. The van der Waals surface area contributed by atoms with Crippen LogP contribution in [0.25, 0.3) is 0 Å². The van der Waals surface area contributed by atoms with E-state index in [9.17, 15) is 9.32 Å². The molecule has 0 aromatic heterocycles. The Morgan fingerprint density at radius 1 is 1.22 bits per heavy atom. The number of benzene rings is 1. The zero-order valence-corrected chi connectivity index (χ0v) is 10.7. The molecule has 0 aliphatic carbocycles. The topological polar surface area (TPSA) is 59.0 Å². The molecule has 1 aromatic carbocycles. The molecule has 2 aliphatic rings. The third kappa shape index (κ3) is 2.30. The second-order valence-electron chi connectivity index (χ2n) is 4.46. The van der Waals surface area contributed by atoms with Gasteiger partial charge in [-0.2, -0.15) is 0 Å². The quantitative estimate of drug-likeness (QED) is 0.856. The maximum Gasteiger partial charge on any atom is 0.231 e. The van der Waals surface area contributed by atoms with Crippen molar-refractivity contribution in [2.45, 2.75) is 6.54 Å². The van der Waals surface area contributed by atoms with E-state index in [-0.39, 0.29) is 12.5 Å². The van der Waals surface area contributed by atoms with Gasteiger partial charge < -0.3 is 14.6 Å². The molecule has 2 heterocycles. The van der Waals surface area contributed by atoms with Crippen LogP contribution in [0.2, 0.25) is 0 Å². The summed E-state index contributed by atoms with van der Waals surface area (Å²) in [5.41, 5.74) is 0.826. The summed E-state index contributed by atoms with van der Waals surface area (Å²) in [4.78, 5) is 2.19. The lowest BCUT2D eigenvalue weighted by atomic mass is 10.1. The third-order valence-electron chi connectivity index (χ3n) is 3.24. The molecule has 0 atom stereocenters. The Balaban J connectivity index is 1.74. The van der Waals surface area contributed by atoms with E-state index in [4.69, 9.17) is 9.47 Å². The van der Waals surface area contributed by atoms with Crippen molar-refractivity contribution < 1.29 is 18.8 Å². The van der Waals surface area contributed by atoms with Crippen LogP contribution in [0.15, 0.2) is 12.1 Å². The van der Waals surface area contributed by atoms with Gasteiger partial charge in [0.05, 0.1) is 0 Å². The summed E-state index contributed by atoms with van der Waals surface area (Å²) in [6, 6.07) is 3.42. The number of rotatable bonds is 2. The lowest BCUT2D eigenvalue weighted by Crippen LogP contribution is -2.37. The Labute approximate surface area is 108 Å². The van der Waals surface area contributed by atoms with E-state index in [1.165, 1.54) is 0 Å². The van der Waals surface area contributed by atoms with E-state index >= 15 is 0 Å². The molecule has 3 rings (SSSR count). The highest BCUT2D eigenvalue weighted by Gasteiger charge is 2.20. The highest BCUT2D eigenvalue weighted by Crippen LogP contribution is 2.38. The molecule has 0 bridgehead atoms. The number of ether oxygens (including phenoxy) is 2. The Morgan fingerprint density at radius 2 is 1.89 bits per heavy atom. The lowest BCUT2D eigenvalue weighted by Gasteiger charge is -2.26. The Hall–Kier alpha value is -1.27. The second-order valence-corrected chi connectivity index (χ2v) is 6.15. The molecule has 5 nitrogen and oxygen atoms in total. The minimum Gasteiger partial charge on any atom is -0.507 e. The summed E-state index contributed by atoms with van der Waals surface area (Å²) in [7, 11) is -0.673. The fourth-order valence-electron chi connectivity index (χ4n) is 2.17. The molecule has 0 spiro atoms. The average molecular weight is 269 g/mol. The van der Waals surface area contributed by atoms with Gasteiger partial charge in [-0.3, -0.25) is 9.11 Å². The number of hydrogen-bond donors (Lipinski definition) is 1. The average Bonchev–Trinajstić information content (AvgIpc) is 2.79. The molecule has 0 saturated carbocycles. The summed E-state index contributed by atoms with van der Waals surface area (Å²) in [5, 5.41) is 9.94. The van der Waals surface area contributed by atoms with E-state index in [0.717, 1.165) is 18.7 Å². The summed E-state index contributed by atoms with van der Waals surface area (Å²) in [6.07, 6.45) is 0. The number of phenolic OH excluding ortho intramolecular Hbond substituents is 1. The standard InChI is InChI=1S/C12H15NO4S/c14-10-6-12-11(16-8-17-12)5-9(10)7-13-1-3-18(15)4-2-13/h5-6,14H,1-4,7-8H2. The summed E-state index contributed by atoms with van der Waals surface area (Å²) in [5.74, 6) is 2.93. The first-order valence-electron chi connectivity index (χ1n) is 5.91. The van der Waals surface area contributed by atoms with Gasteiger partial charge in [-0.25, -0.2) is 0 Å². The second kappa shape index (κ2) is 4.78. The van der Waals surface area contributed by atoms with Crippen LogP contribution in [0, 0.1) is 0 Å². The van der Waals surface area contributed by atoms with E-state index in [0.29, 0.717) is 29.5 Å². The van der Waals surface area contributed by atoms with Gasteiger partial charge in [0.15, 0.2) is 11.5 Å². The highest BCUT2D eigenvalue weighted by atomic mass is 32.2. The Morgan fingerprint density at radius 3 is 2.61 bits per heavy atom. The van der Waals surface area contributed by atoms with Crippen molar-refractivity contribution in [3.63, 3.8) is 0 Å². The fraction of sp³-hybridized carbons (Fsp3) is 0.500. The normalized spacial score (nSPS) is 20.2. The van der Waals surface area contributed by atoms with Gasteiger partial charge in [-0.05, 0) is 6.07 Å². The molecule has 2 aliphatic heterocycles. The Kier molecular flexibility index (Phi) is 3.13. The van der Waals surface area contributed by atoms with Crippen molar-refractivity contribution >= 4 is 10.8 Å². The first-order chi connectivity index (χ1) is 8.72. The van der Waals surface area contributed by atoms with E-state index in [1.807, 2.05) is 6.07 Å². The van der Waals surface area contributed by atoms with Crippen molar-refractivity contribution in [2.24, 2.45) is 0 Å². The van der Waals surface area contributed by atoms with Crippen LogP contribution >= 0.6 is 0 Å². The van der Waals surface area contributed by atoms with Crippen molar-refractivity contribution in [1.82, 2.24) is 4.90 Å². The summed E-state index contributed by atoms with van der Waals surface area (Å²) in [6.45, 7) is 2.47. The molecule has 1 fully saturated rings. The molecule has 1 N–H and O–H groups in total. The zero-order chi connectivity index (χ0) is 12.5. The van der Waals surface area contributed by atoms with E-state index < -0.39 is 10.8 Å². The minimum atomic E-state index is -0.673. The van der Waals surface area contributed by atoms with Gasteiger partial charge in [0, 0.05) is 53.6 Å². The molecule has 98 valence electrons. The molecule has 6 heteroatoms. The highest BCUT2D eigenvalue weighted by molar-refractivity contribution is 7.85. The summed E-state index contributed by atoms with van der Waals surface area (Å²) >= 11 is 0. The monoisotopic (exact) mass is 269 g/mol. The van der Waals surface area contributed by atoms with Crippen LogP contribution in [0.3, 0.4) is 0 Å². The largest absolute Gasteiger partial charge is 0.507 e. The molecular formula is C12H15NO4S. The van der Waals surface area contributed by atoms with Crippen LogP contribution in [-0.4, -0.2) is 45.6 Å². The van der Waals surface area contributed by atoms with Crippen LogP contribution in [-0.2, 0) is 17.3 Å². The number of hydrogen-bond acceptors (Lipinski definition) is 5. The molecule has 0 amide bonds. The maximum absolute atomic E-state index is 11.3. The van der Waals surface area contributed by atoms with Crippen molar-refractivity contribution in [3.05, 3.63) is 17.7 Å². The van der Waals surface area contributed by atoms with E-state index in [2.05, 4.69) is 4.90 Å². The molecule has 1 saturated heterocycles. The zero-order valence-electron chi connectivity index (χ0n) is 9.92. The number of fused-ring (bicyclic) bond motifs is 1. The SMILES string of the molecule is O=S1CCN(Cc2cc3c(cc2O)OCO3)CC1. The molecule has 18 heavy (non-hydrogen) atoms. The molecular weight excluding hydrogens is 254 g/mol. The number of nitrogens with zero attached hydrogens (tertiary/aromatic N) is 1.